The smallest absolute Gasteiger partial charge is 0.174 e. The predicted octanol–water partition coefficient (Wildman–Crippen LogP) is 5.22. The van der Waals surface area contributed by atoms with Gasteiger partial charge in [0.1, 0.15) is 5.75 Å². The van der Waals surface area contributed by atoms with Gasteiger partial charge in [0.15, 0.2) is 5.78 Å². The van der Waals surface area contributed by atoms with Crippen LogP contribution in [0.4, 0.5) is 5.69 Å². The Labute approximate surface area is 254 Å². The number of halogens is 1. The summed E-state index contributed by atoms with van der Waals surface area (Å²) in [5.74, 6) is 5.30. The number of fused-ring (bicyclic) bond motifs is 7. The molecule has 1 spiro atoms. The van der Waals surface area contributed by atoms with Crippen LogP contribution in [-0.2, 0) is 26.1 Å². The molecule has 2 aliphatic carbocycles. The first-order chi connectivity index (χ1) is 20.1. The molecule has 0 amide bonds. The van der Waals surface area contributed by atoms with Crippen molar-refractivity contribution in [3.05, 3.63) is 70.3 Å². The van der Waals surface area contributed by atoms with Crippen molar-refractivity contribution in [2.75, 3.05) is 42.7 Å². The number of Topliss-reactive ketones (excluding diaryl/α,β-unsaturated/α-hetero) is 1. The Balaban J connectivity index is 1.30. The van der Waals surface area contributed by atoms with Gasteiger partial charge < -0.3 is 19.5 Å². The summed E-state index contributed by atoms with van der Waals surface area (Å²) in [5, 5.41) is 12.2. The van der Waals surface area contributed by atoms with Gasteiger partial charge in [-0.15, -0.1) is 0 Å². The molecular formula is C34H40ClNO5S. The number of ether oxygens (including phenoxy) is 2. The molecule has 2 fully saturated rings. The fraction of sp³-hybridized carbons (Fsp3) is 0.529. The first-order valence-electron chi connectivity index (χ1n) is 15.3. The van der Waals surface area contributed by atoms with Gasteiger partial charge in [0.05, 0.1) is 36.4 Å². The Morgan fingerprint density at radius 2 is 2.02 bits per heavy atom. The quantitative estimate of drug-likeness (QED) is 0.326. The van der Waals surface area contributed by atoms with Crippen LogP contribution < -0.4 is 9.64 Å². The van der Waals surface area contributed by atoms with Crippen molar-refractivity contribution in [1.29, 1.82) is 0 Å². The molecule has 6 atom stereocenters. The molecule has 6 unspecified atom stereocenters. The molecule has 1 saturated heterocycles. The number of nitrogens with zero attached hydrogens (tertiary/aromatic N) is 1. The molecule has 0 radical (unpaired) electrons. The van der Waals surface area contributed by atoms with Gasteiger partial charge in [-0.1, -0.05) is 29.8 Å². The highest BCUT2D eigenvalue weighted by molar-refractivity contribution is 8.01. The maximum Gasteiger partial charge on any atom is 0.174 e. The van der Waals surface area contributed by atoms with Gasteiger partial charge in [-0.2, -0.15) is 0 Å². The van der Waals surface area contributed by atoms with Crippen molar-refractivity contribution in [2.45, 2.75) is 62.1 Å². The molecule has 0 aromatic heterocycles. The molecule has 8 heteroatoms. The van der Waals surface area contributed by atoms with Crippen LogP contribution >= 0.6 is 11.6 Å². The van der Waals surface area contributed by atoms with Crippen molar-refractivity contribution in [3.8, 4) is 5.75 Å². The number of rotatable bonds is 0. The molecular weight excluding hydrogens is 570 g/mol. The van der Waals surface area contributed by atoms with Crippen molar-refractivity contribution in [1.82, 2.24) is 0 Å². The summed E-state index contributed by atoms with van der Waals surface area (Å²) >= 11 is 6.42. The van der Waals surface area contributed by atoms with Gasteiger partial charge in [-0.05, 0) is 101 Å². The monoisotopic (exact) mass is 609 g/mol. The molecule has 42 heavy (non-hydrogen) atoms. The summed E-state index contributed by atoms with van der Waals surface area (Å²) in [6, 6.07) is 11.9. The van der Waals surface area contributed by atoms with E-state index in [0.29, 0.717) is 43.5 Å². The summed E-state index contributed by atoms with van der Waals surface area (Å²) in [6.07, 6.45) is 9.83. The van der Waals surface area contributed by atoms with Crippen molar-refractivity contribution >= 4 is 38.5 Å². The molecule has 2 aromatic rings. The maximum absolute atomic E-state index is 13.5. The minimum absolute atomic E-state index is 0.0220. The maximum atomic E-state index is 13.5. The zero-order valence-corrected chi connectivity index (χ0v) is 25.6. The van der Waals surface area contributed by atoms with Crippen molar-refractivity contribution in [3.63, 3.8) is 0 Å². The van der Waals surface area contributed by atoms with E-state index >= 15 is 0 Å². The molecule has 3 aliphatic heterocycles. The van der Waals surface area contributed by atoms with E-state index in [1.54, 1.807) is 18.2 Å². The van der Waals surface area contributed by atoms with E-state index in [1.807, 2.05) is 18.2 Å². The zero-order chi connectivity index (χ0) is 29.1. The number of anilines is 1. The third-order valence-electron chi connectivity index (χ3n) is 10.4. The van der Waals surface area contributed by atoms with E-state index in [2.05, 4.69) is 22.9 Å². The molecule has 3 heterocycles. The van der Waals surface area contributed by atoms with Gasteiger partial charge in [0, 0.05) is 47.7 Å². The lowest BCUT2D eigenvalue weighted by Gasteiger charge is -2.48. The summed E-state index contributed by atoms with van der Waals surface area (Å²) in [6.45, 7) is 2.66. The highest BCUT2D eigenvalue weighted by Crippen LogP contribution is 2.48. The SMILES string of the molecule is C=S1(=O)C/C=C\C2(O)CCOC(C2)C2CCC2CN2CC3(CCCc4cc(Cl)ccc43)COc3ccc(cc32)C(=O)C1. The van der Waals surface area contributed by atoms with E-state index in [0.717, 1.165) is 61.7 Å². The molecule has 224 valence electrons. The van der Waals surface area contributed by atoms with Crippen LogP contribution in [0.1, 0.15) is 60.0 Å². The first kappa shape index (κ1) is 28.5. The van der Waals surface area contributed by atoms with E-state index < -0.39 is 15.1 Å². The number of aryl methyl sites for hydroxylation is 1. The van der Waals surface area contributed by atoms with E-state index in [1.165, 1.54) is 11.1 Å². The van der Waals surface area contributed by atoms with E-state index in [9.17, 15) is 14.1 Å². The van der Waals surface area contributed by atoms with E-state index in [-0.39, 0.29) is 28.8 Å². The molecule has 1 N–H and O–H groups in total. The number of ketones is 1. The second-order valence-electron chi connectivity index (χ2n) is 13.4. The van der Waals surface area contributed by atoms with Crippen LogP contribution in [0.2, 0.25) is 5.02 Å². The Hall–Kier alpha value is -2.32. The topological polar surface area (TPSA) is 76.1 Å². The Kier molecular flexibility index (Phi) is 7.24. The van der Waals surface area contributed by atoms with Crippen LogP contribution in [0.3, 0.4) is 0 Å². The van der Waals surface area contributed by atoms with Crippen LogP contribution in [0.5, 0.6) is 5.75 Å². The van der Waals surface area contributed by atoms with Crippen LogP contribution in [0.15, 0.2) is 48.6 Å². The number of benzene rings is 2. The number of hydrogen-bond donors (Lipinski definition) is 1. The van der Waals surface area contributed by atoms with Gasteiger partial charge in [-0.3, -0.25) is 9.00 Å². The second-order valence-corrected chi connectivity index (χ2v) is 16.3. The third-order valence-corrected chi connectivity index (χ3v) is 12.2. The number of aliphatic hydroxyl groups is 1. The highest BCUT2D eigenvalue weighted by atomic mass is 35.5. The van der Waals surface area contributed by atoms with Crippen LogP contribution in [-0.4, -0.2) is 70.5 Å². The van der Waals surface area contributed by atoms with Gasteiger partial charge in [0.25, 0.3) is 0 Å². The van der Waals surface area contributed by atoms with Gasteiger partial charge in [-0.25, -0.2) is 0 Å². The molecule has 1 saturated carbocycles. The second kappa shape index (κ2) is 10.7. The lowest BCUT2D eigenvalue weighted by molar-refractivity contribution is -0.125. The van der Waals surface area contributed by atoms with Crippen molar-refractivity contribution < 1.29 is 23.6 Å². The van der Waals surface area contributed by atoms with Gasteiger partial charge in [0.2, 0.25) is 0 Å². The summed E-state index contributed by atoms with van der Waals surface area (Å²) in [7, 11) is -2.71. The Bertz CT molecular complexity index is 1540. The largest absolute Gasteiger partial charge is 0.490 e. The molecule has 4 bridgehead atoms. The minimum atomic E-state index is -2.71. The fourth-order valence-corrected chi connectivity index (χ4v) is 9.43. The van der Waals surface area contributed by atoms with Gasteiger partial charge >= 0.3 is 0 Å². The lowest BCUT2D eigenvalue weighted by atomic mass is 9.66. The zero-order valence-electron chi connectivity index (χ0n) is 24.1. The van der Waals surface area contributed by atoms with Crippen LogP contribution in [0.25, 0.3) is 0 Å². The lowest BCUT2D eigenvalue weighted by Crippen LogP contribution is -2.52. The predicted molar refractivity (Wildman–Crippen MR) is 169 cm³/mol. The molecule has 6 nitrogen and oxygen atoms in total. The highest BCUT2D eigenvalue weighted by Gasteiger charge is 2.46. The Morgan fingerprint density at radius 3 is 2.86 bits per heavy atom. The third kappa shape index (κ3) is 5.31. The molecule has 7 rings (SSSR count). The minimum Gasteiger partial charge on any atom is -0.490 e. The molecule has 5 aliphatic rings. The van der Waals surface area contributed by atoms with Crippen LogP contribution in [0, 0.1) is 11.8 Å². The fourth-order valence-electron chi connectivity index (χ4n) is 8.03. The number of carbonyl (C=O) groups excluding carboxylic acids is 1. The number of hydrogen-bond acceptors (Lipinski definition) is 6. The summed E-state index contributed by atoms with van der Waals surface area (Å²) in [4.78, 5) is 15.9. The summed E-state index contributed by atoms with van der Waals surface area (Å²) in [5.41, 5.74) is 2.87. The number of carbonyl (C=O) groups is 1. The Morgan fingerprint density at radius 1 is 1.14 bits per heavy atom. The standard InChI is InChI=1S/C34H40ClNO5S/c1-42(39)15-3-12-34(38)13-14-40-32(18-34)27-8-5-25(27)19-36-21-33(11-2-4-23-16-26(35)7-9-28(23)33)22-41-31-10-6-24(17-29(31)36)30(37)20-42/h3,6-7,9-10,12,16-17,25,27,32,38H,1-2,4-5,8,11,13-15,18-22H2/b12-3-. The first-order valence-corrected chi connectivity index (χ1v) is 17.7. The molecule has 2 aromatic carbocycles. The van der Waals surface area contributed by atoms with Crippen molar-refractivity contribution in [2.24, 2.45) is 11.8 Å². The average molecular weight is 610 g/mol. The average Bonchev–Trinajstić information content (AvgIpc) is 3.07. The van der Waals surface area contributed by atoms with E-state index in [4.69, 9.17) is 21.1 Å². The normalized spacial score (nSPS) is 37.0. The summed E-state index contributed by atoms with van der Waals surface area (Å²) < 4.78 is 26.3.